The van der Waals surface area contributed by atoms with Crippen molar-refractivity contribution in [2.75, 3.05) is 63.2 Å². The summed E-state index contributed by atoms with van der Waals surface area (Å²) < 4.78 is 6.49. The second-order valence-corrected chi connectivity index (χ2v) is 10.2. The lowest BCUT2D eigenvalue weighted by Crippen LogP contribution is -2.58. The number of likely N-dealkylation sites (N-methyl/N-ethyl adjacent to an activating group) is 1. The van der Waals surface area contributed by atoms with Crippen LogP contribution in [0.2, 0.25) is 5.02 Å². The van der Waals surface area contributed by atoms with Crippen LogP contribution < -0.4 is 19.9 Å². The van der Waals surface area contributed by atoms with Gasteiger partial charge in [0, 0.05) is 51.0 Å². The van der Waals surface area contributed by atoms with Gasteiger partial charge < -0.3 is 24.8 Å². The third-order valence-electron chi connectivity index (χ3n) is 7.06. The van der Waals surface area contributed by atoms with E-state index in [9.17, 15) is 0 Å². The van der Waals surface area contributed by atoms with Crippen molar-refractivity contribution in [2.45, 2.75) is 19.9 Å². The van der Waals surface area contributed by atoms with Crippen LogP contribution in [0, 0.1) is 13.8 Å². The Balaban J connectivity index is 1.51. The average Bonchev–Trinajstić information content (AvgIpc) is 3.29. The van der Waals surface area contributed by atoms with Crippen molar-refractivity contribution >= 4 is 45.2 Å². The molecule has 0 bridgehead atoms. The number of fused-ring (bicyclic) bond motifs is 2. The van der Waals surface area contributed by atoms with Crippen molar-refractivity contribution in [3.05, 3.63) is 34.6 Å². The number of aromatic nitrogens is 5. The first kappa shape index (κ1) is 23.2. The number of hydrogen-bond donors (Lipinski definition) is 2. The van der Waals surface area contributed by atoms with Crippen molar-refractivity contribution in [1.29, 1.82) is 0 Å². The summed E-state index contributed by atoms with van der Waals surface area (Å²) in [5.74, 6) is 2.57. The highest BCUT2D eigenvalue weighted by atomic mass is 35.5. The topological polar surface area (TPSA) is 98.3 Å². The smallest absolute Gasteiger partial charge is 0.246 e. The summed E-state index contributed by atoms with van der Waals surface area (Å²) in [6.45, 7) is 9.26. The maximum absolute atomic E-state index is 6.73. The predicted molar refractivity (Wildman–Crippen MR) is 143 cm³/mol. The molecule has 2 saturated heterocycles. The van der Waals surface area contributed by atoms with Gasteiger partial charge in [-0.3, -0.25) is 5.10 Å². The number of piperazine rings is 1. The minimum Gasteiger partial charge on any atom is -0.435 e. The van der Waals surface area contributed by atoms with Crippen LogP contribution in [-0.2, 0) is 0 Å². The van der Waals surface area contributed by atoms with E-state index in [1.807, 2.05) is 26.0 Å². The number of pyridine rings is 1. The van der Waals surface area contributed by atoms with Crippen molar-refractivity contribution in [2.24, 2.45) is 0 Å². The van der Waals surface area contributed by atoms with Gasteiger partial charge in [-0.2, -0.15) is 10.1 Å². The molecule has 10 nitrogen and oxygen atoms in total. The zero-order valence-electron chi connectivity index (χ0n) is 21.0. The van der Waals surface area contributed by atoms with Gasteiger partial charge in [-0.05, 0) is 45.6 Å². The molecule has 6 rings (SSSR count). The van der Waals surface area contributed by atoms with Crippen LogP contribution in [0.3, 0.4) is 0 Å². The number of nitrogens with one attached hydrogen (secondary N) is 2. The van der Waals surface area contributed by atoms with Gasteiger partial charge in [0.05, 0.1) is 27.5 Å². The summed E-state index contributed by atoms with van der Waals surface area (Å²) in [6, 6.07) is 4.50. The van der Waals surface area contributed by atoms with E-state index in [4.69, 9.17) is 31.3 Å². The molecule has 188 valence electrons. The SMILES string of the molecule is Cc1cc2c(N3CCNCC3)nc(N3CC(N(C)C)C3)nc2c(Oc2c(Cl)c(C)cc3[nH]ncc23)n1. The van der Waals surface area contributed by atoms with Crippen LogP contribution in [0.15, 0.2) is 18.3 Å². The number of nitrogens with zero attached hydrogens (tertiary/aromatic N) is 7. The van der Waals surface area contributed by atoms with Gasteiger partial charge in [0.15, 0.2) is 5.75 Å². The Kier molecular flexibility index (Phi) is 5.82. The van der Waals surface area contributed by atoms with E-state index < -0.39 is 0 Å². The molecule has 2 aliphatic heterocycles. The number of aryl methyl sites for hydroxylation is 2. The average molecular weight is 508 g/mol. The van der Waals surface area contributed by atoms with Crippen LogP contribution in [0.4, 0.5) is 11.8 Å². The molecule has 0 unspecified atom stereocenters. The monoisotopic (exact) mass is 507 g/mol. The van der Waals surface area contributed by atoms with E-state index in [0.717, 1.165) is 72.6 Å². The van der Waals surface area contributed by atoms with Gasteiger partial charge in [0.25, 0.3) is 0 Å². The Morgan fingerprint density at radius 1 is 1.03 bits per heavy atom. The van der Waals surface area contributed by atoms with Gasteiger partial charge in [-0.25, -0.2) is 9.97 Å². The van der Waals surface area contributed by atoms with E-state index in [1.165, 1.54) is 0 Å². The minimum atomic E-state index is 0.421. The van der Waals surface area contributed by atoms with Crippen molar-refractivity contribution in [1.82, 2.24) is 35.4 Å². The number of aromatic amines is 1. The Labute approximate surface area is 214 Å². The van der Waals surface area contributed by atoms with Crippen LogP contribution in [0.1, 0.15) is 11.3 Å². The van der Waals surface area contributed by atoms with E-state index in [1.54, 1.807) is 6.20 Å². The summed E-state index contributed by atoms with van der Waals surface area (Å²) in [5.41, 5.74) is 3.26. The molecular weight excluding hydrogens is 478 g/mol. The lowest BCUT2D eigenvalue weighted by molar-refractivity contribution is 0.245. The fourth-order valence-electron chi connectivity index (χ4n) is 4.83. The van der Waals surface area contributed by atoms with E-state index >= 15 is 0 Å². The predicted octanol–water partition coefficient (Wildman–Crippen LogP) is 3.12. The normalized spacial score (nSPS) is 16.8. The Hall–Kier alpha value is -3.21. The molecule has 5 heterocycles. The molecule has 0 aliphatic carbocycles. The number of ether oxygens (including phenoxy) is 1. The molecule has 0 atom stereocenters. The molecule has 2 N–H and O–H groups in total. The third kappa shape index (κ3) is 3.99. The van der Waals surface area contributed by atoms with E-state index in [0.29, 0.717) is 34.2 Å². The molecule has 0 saturated carbocycles. The zero-order valence-corrected chi connectivity index (χ0v) is 21.7. The quantitative estimate of drug-likeness (QED) is 0.422. The number of anilines is 2. The molecule has 2 fully saturated rings. The highest BCUT2D eigenvalue weighted by Gasteiger charge is 2.32. The molecule has 1 aromatic carbocycles. The summed E-state index contributed by atoms with van der Waals surface area (Å²) in [5, 5.41) is 12.9. The van der Waals surface area contributed by atoms with Crippen molar-refractivity contribution in [3.63, 3.8) is 0 Å². The van der Waals surface area contributed by atoms with Gasteiger partial charge in [0.2, 0.25) is 11.8 Å². The van der Waals surface area contributed by atoms with E-state index in [2.05, 4.69) is 44.3 Å². The van der Waals surface area contributed by atoms with Crippen LogP contribution in [-0.4, -0.2) is 89.5 Å². The molecule has 0 radical (unpaired) electrons. The summed E-state index contributed by atoms with van der Waals surface area (Å²) in [6.07, 6.45) is 1.72. The van der Waals surface area contributed by atoms with Crippen LogP contribution in [0.25, 0.3) is 21.8 Å². The molecular formula is C25H30ClN9O. The molecule has 36 heavy (non-hydrogen) atoms. The Morgan fingerprint density at radius 2 is 1.81 bits per heavy atom. The van der Waals surface area contributed by atoms with Gasteiger partial charge in [-0.15, -0.1) is 0 Å². The first-order valence-corrected chi connectivity index (χ1v) is 12.6. The number of rotatable bonds is 5. The Bertz CT molecular complexity index is 1440. The van der Waals surface area contributed by atoms with Crippen molar-refractivity contribution < 1.29 is 4.74 Å². The fourth-order valence-corrected chi connectivity index (χ4v) is 5.03. The number of benzene rings is 1. The maximum atomic E-state index is 6.73. The summed E-state index contributed by atoms with van der Waals surface area (Å²) >= 11 is 6.73. The van der Waals surface area contributed by atoms with Gasteiger partial charge in [-0.1, -0.05) is 11.6 Å². The highest BCUT2D eigenvalue weighted by Crippen LogP contribution is 2.41. The molecule has 3 aromatic heterocycles. The standard InChI is InChI=1S/C25H30ClN9O/c1-14-9-19-18(11-28-32-19)22(20(14)26)36-24-21-17(10-15(2)29-24)23(34-7-5-27-6-8-34)31-25(30-21)35-12-16(13-35)33(3)4/h9-11,16,27H,5-8,12-13H2,1-4H3,(H,28,32). The minimum absolute atomic E-state index is 0.421. The highest BCUT2D eigenvalue weighted by molar-refractivity contribution is 6.34. The lowest BCUT2D eigenvalue weighted by atomic mass is 10.1. The number of halogens is 1. The second kappa shape index (κ2) is 9.02. The summed E-state index contributed by atoms with van der Waals surface area (Å²) in [4.78, 5) is 21.6. The number of H-pyrrole nitrogens is 1. The molecule has 2 aliphatic rings. The van der Waals surface area contributed by atoms with Crippen LogP contribution in [0.5, 0.6) is 11.6 Å². The fraction of sp³-hybridized carbons (Fsp3) is 0.440. The van der Waals surface area contributed by atoms with Crippen LogP contribution >= 0.6 is 11.6 Å². The first-order chi connectivity index (χ1) is 17.4. The number of hydrogen-bond acceptors (Lipinski definition) is 9. The lowest BCUT2D eigenvalue weighted by Gasteiger charge is -2.43. The van der Waals surface area contributed by atoms with Crippen molar-refractivity contribution in [3.8, 4) is 11.6 Å². The largest absolute Gasteiger partial charge is 0.435 e. The second-order valence-electron chi connectivity index (χ2n) is 9.84. The Morgan fingerprint density at radius 3 is 2.56 bits per heavy atom. The molecule has 0 spiro atoms. The molecule has 4 aromatic rings. The third-order valence-corrected chi connectivity index (χ3v) is 7.53. The maximum Gasteiger partial charge on any atom is 0.246 e. The molecule has 11 heteroatoms. The van der Waals surface area contributed by atoms with E-state index in [-0.39, 0.29) is 0 Å². The van der Waals surface area contributed by atoms with Gasteiger partial charge >= 0.3 is 0 Å². The first-order valence-electron chi connectivity index (χ1n) is 12.3. The summed E-state index contributed by atoms with van der Waals surface area (Å²) in [7, 11) is 4.21. The zero-order chi connectivity index (χ0) is 25.0. The molecule has 0 amide bonds. The van der Waals surface area contributed by atoms with Gasteiger partial charge in [0.1, 0.15) is 11.3 Å².